The zero-order chi connectivity index (χ0) is 23.7. The second-order valence-electron chi connectivity index (χ2n) is 8.43. The molecule has 0 aliphatic carbocycles. The number of anilines is 1. The number of hydrogen-bond acceptors (Lipinski definition) is 5. The summed E-state index contributed by atoms with van der Waals surface area (Å²) in [5, 5.41) is 0. The van der Waals surface area contributed by atoms with Gasteiger partial charge < -0.3 is 14.4 Å². The van der Waals surface area contributed by atoms with Crippen LogP contribution < -0.4 is 14.4 Å². The summed E-state index contributed by atoms with van der Waals surface area (Å²) in [5.41, 5.74) is 1.82. The Morgan fingerprint density at radius 3 is 2.65 bits per heavy atom. The molecule has 0 saturated carbocycles. The van der Waals surface area contributed by atoms with Crippen LogP contribution in [0.1, 0.15) is 28.9 Å². The summed E-state index contributed by atoms with van der Waals surface area (Å²) in [6.07, 6.45) is 2.47. The Morgan fingerprint density at radius 2 is 1.85 bits per heavy atom. The van der Waals surface area contributed by atoms with E-state index in [9.17, 15) is 13.6 Å². The summed E-state index contributed by atoms with van der Waals surface area (Å²) >= 11 is 0. The molecule has 0 bridgehead atoms. The fraction of sp³-hybridized carbons (Fsp3) is 0.308. The number of carbonyl (C=O) groups is 1. The number of halogens is 2. The van der Waals surface area contributed by atoms with Crippen molar-refractivity contribution in [2.75, 3.05) is 38.3 Å². The molecule has 0 N–H and O–H groups in total. The van der Waals surface area contributed by atoms with Crippen LogP contribution in [0.3, 0.4) is 0 Å². The lowest BCUT2D eigenvalue weighted by molar-refractivity contribution is 0.0992. The number of fused-ring (bicyclic) bond motifs is 1. The molecule has 34 heavy (non-hydrogen) atoms. The van der Waals surface area contributed by atoms with Crippen LogP contribution in [0.15, 0.2) is 48.5 Å². The van der Waals surface area contributed by atoms with E-state index in [1.54, 1.807) is 36.3 Å². The van der Waals surface area contributed by atoms with Crippen LogP contribution in [0.5, 0.6) is 11.5 Å². The maximum absolute atomic E-state index is 14.2. The Morgan fingerprint density at radius 1 is 1.03 bits per heavy atom. The zero-order valence-electron chi connectivity index (χ0n) is 18.9. The molecule has 2 aliphatic heterocycles. The van der Waals surface area contributed by atoms with E-state index < -0.39 is 11.6 Å². The van der Waals surface area contributed by atoms with Gasteiger partial charge in [-0.1, -0.05) is 12.1 Å². The largest absolute Gasteiger partial charge is 0.493 e. The van der Waals surface area contributed by atoms with Crippen molar-refractivity contribution >= 4 is 11.6 Å². The van der Waals surface area contributed by atoms with Gasteiger partial charge in [0.25, 0.3) is 5.91 Å². The standard InChI is InChI=1S/C26H25F2N3O3/c1-33-23-15-18(8-10-22(23)34-14-13-30-11-2-3-12-30)31-16-17-7-9-21(29-25(17)26(31)32)19-5-4-6-20(27)24(19)28/h4-10,15H,2-3,11-14,16H2,1H3. The summed E-state index contributed by atoms with van der Waals surface area (Å²) in [6.45, 7) is 3.97. The Kier molecular flexibility index (Phi) is 6.15. The monoisotopic (exact) mass is 465 g/mol. The van der Waals surface area contributed by atoms with Gasteiger partial charge in [0, 0.05) is 29.4 Å². The number of methoxy groups -OCH3 is 1. The second-order valence-corrected chi connectivity index (χ2v) is 8.43. The van der Waals surface area contributed by atoms with Crippen LogP contribution in [0.25, 0.3) is 11.3 Å². The van der Waals surface area contributed by atoms with E-state index in [1.807, 2.05) is 6.07 Å². The minimum Gasteiger partial charge on any atom is -0.493 e. The van der Waals surface area contributed by atoms with Gasteiger partial charge in [-0.15, -0.1) is 0 Å². The molecule has 1 amide bonds. The third-order valence-electron chi connectivity index (χ3n) is 6.31. The molecule has 5 rings (SSSR count). The molecule has 2 aromatic carbocycles. The lowest BCUT2D eigenvalue weighted by Crippen LogP contribution is -2.25. The molecule has 0 unspecified atom stereocenters. The topological polar surface area (TPSA) is 54.9 Å². The predicted octanol–water partition coefficient (Wildman–Crippen LogP) is 4.67. The Bertz CT molecular complexity index is 1230. The number of benzene rings is 2. The molecule has 1 aromatic heterocycles. The minimum absolute atomic E-state index is 0.0196. The number of amides is 1. The average Bonchev–Trinajstić information content (AvgIpc) is 3.49. The fourth-order valence-corrected chi connectivity index (χ4v) is 4.47. The number of nitrogens with zero attached hydrogens (tertiary/aromatic N) is 3. The zero-order valence-corrected chi connectivity index (χ0v) is 18.9. The molecule has 0 atom stereocenters. The van der Waals surface area contributed by atoms with Crippen molar-refractivity contribution in [1.82, 2.24) is 9.88 Å². The molecule has 1 fully saturated rings. The molecule has 3 heterocycles. The van der Waals surface area contributed by atoms with Crippen molar-refractivity contribution in [3.05, 3.63) is 71.4 Å². The van der Waals surface area contributed by atoms with Crippen molar-refractivity contribution in [2.24, 2.45) is 0 Å². The predicted molar refractivity (Wildman–Crippen MR) is 124 cm³/mol. The highest BCUT2D eigenvalue weighted by Crippen LogP contribution is 2.36. The third kappa shape index (κ3) is 4.21. The smallest absolute Gasteiger partial charge is 0.277 e. The van der Waals surface area contributed by atoms with Gasteiger partial charge in [0.05, 0.1) is 19.3 Å². The number of pyridine rings is 1. The van der Waals surface area contributed by atoms with Crippen LogP contribution in [0, 0.1) is 11.6 Å². The van der Waals surface area contributed by atoms with Gasteiger partial charge >= 0.3 is 0 Å². The summed E-state index contributed by atoms with van der Waals surface area (Å²) in [5.74, 6) is -1.09. The van der Waals surface area contributed by atoms with Crippen LogP contribution in [-0.4, -0.2) is 49.1 Å². The van der Waals surface area contributed by atoms with E-state index in [4.69, 9.17) is 9.47 Å². The molecule has 6 nitrogen and oxygen atoms in total. The Balaban J connectivity index is 1.34. The van der Waals surface area contributed by atoms with Crippen molar-refractivity contribution in [3.8, 4) is 22.8 Å². The van der Waals surface area contributed by atoms with E-state index in [-0.39, 0.29) is 22.9 Å². The first-order chi connectivity index (χ1) is 16.5. The highest BCUT2D eigenvalue weighted by molar-refractivity contribution is 6.09. The van der Waals surface area contributed by atoms with Gasteiger partial charge in [-0.05, 0) is 56.3 Å². The quantitative estimate of drug-likeness (QED) is 0.508. The maximum atomic E-state index is 14.2. The molecule has 3 aromatic rings. The van der Waals surface area contributed by atoms with Crippen LogP contribution in [0.2, 0.25) is 0 Å². The van der Waals surface area contributed by atoms with E-state index in [0.717, 1.165) is 31.3 Å². The van der Waals surface area contributed by atoms with Crippen molar-refractivity contribution in [3.63, 3.8) is 0 Å². The molecular formula is C26H25F2N3O3. The lowest BCUT2D eigenvalue weighted by atomic mass is 10.1. The van der Waals surface area contributed by atoms with Gasteiger partial charge in [-0.3, -0.25) is 9.69 Å². The lowest BCUT2D eigenvalue weighted by Gasteiger charge is -2.19. The third-order valence-corrected chi connectivity index (χ3v) is 6.31. The first kappa shape index (κ1) is 22.3. The minimum atomic E-state index is -0.984. The van der Waals surface area contributed by atoms with Crippen molar-refractivity contribution in [1.29, 1.82) is 0 Å². The van der Waals surface area contributed by atoms with Crippen LogP contribution in [-0.2, 0) is 6.54 Å². The molecule has 1 saturated heterocycles. The highest BCUT2D eigenvalue weighted by Gasteiger charge is 2.31. The van der Waals surface area contributed by atoms with Gasteiger partial charge in [-0.2, -0.15) is 0 Å². The van der Waals surface area contributed by atoms with Gasteiger partial charge in [-0.25, -0.2) is 13.8 Å². The number of aromatic nitrogens is 1. The maximum Gasteiger partial charge on any atom is 0.277 e. The average molecular weight is 466 g/mol. The molecular weight excluding hydrogens is 440 g/mol. The number of likely N-dealkylation sites (tertiary alicyclic amines) is 1. The molecule has 0 spiro atoms. The molecule has 176 valence electrons. The normalized spacial score (nSPS) is 15.6. The number of rotatable bonds is 7. The van der Waals surface area contributed by atoms with Gasteiger partial charge in [0.2, 0.25) is 0 Å². The SMILES string of the molecule is COc1cc(N2Cc3ccc(-c4cccc(F)c4F)nc3C2=O)ccc1OCCN1CCCC1. The van der Waals surface area contributed by atoms with Crippen molar-refractivity contribution < 1.29 is 23.0 Å². The van der Waals surface area contributed by atoms with Gasteiger partial charge in [0.15, 0.2) is 23.1 Å². The highest BCUT2D eigenvalue weighted by atomic mass is 19.2. The Hall–Kier alpha value is -3.52. The molecule has 8 heteroatoms. The molecule has 2 aliphatic rings. The summed E-state index contributed by atoms with van der Waals surface area (Å²) in [7, 11) is 1.56. The molecule has 0 radical (unpaired) electrons. The fourth-order valence-electron chi connectivity index (χ4n) is 4.47. The summed E-state index contributed by atoms with van der Waals surface area (Å²) in [6, 6.07) is 12.6. The first-order valence-corrected chi connectivity index (χ1v) is 11.3. The van der Waals surface area contributed by atoms with E-state index in [0.29, 0.717) is 30.3 Å². The van der Waals surface area contributed by atoms with Crippen molar-refractivity contribution in [2.45, 2.75) is 19.4 Å². The Labute approximate surface area is 196 Å². The van der Waals surface area contributed by atoms with E-state index in [1.165, 1.54) is 25.0 Å². The summed E-state index contributed by atoms with van der Waals surface area (Å²) in [4.78, 5) is 21.5. The number of carbonyl (C=O) groups excluding carboxylic acids is 1. The van der Waals surface area contributed by atoms with Crippen LogP contribution >= 0.6 is 0 Å². The number of hydrogen-bond donors (Lipinski definition) is 0. The summed E-state index contributed by atoms with van der Waals surface area (Å²) < 4.78 is 39.3. The van der Waals surface area contributed by atoms with Gasteiger partial charge in [0.1, 0.15) is 12.3 Å². The van der Waals surface area contributed by atoms with E-state index in [2.05, 4.69) is 9.88 Å². The number of ether oxygens (including phenoxy) is 2. The van der Waals surface area contributed by atoms with E-state index >= 15 is 0 Å². The van der Waals surface area contributed by atoms with Crippen LogP contribution in [0.4, 0.5) is 14.5 Å². The first-order valence-electron chi connectivity index (χ1n) is 11.3. The second kappa shape index (κ2) is 9.38.